The third-order valence-corrected chi connectivity index (χ3v) is 9.66. The molecule has 0 spiro atoms. The number of hydrogen-bond acceptors (Lipinski definition) is 6. The van der Waals surface area contributed by atoms with Gasteiger partial charge in [-0.2, -0.15) is 0 Å². The molecule has 47 heavy (non-hydrogen) atoms. The molecule has 2 heterocycles. The molecule has 0 aromatic heterocycles. The van der Waals surface area contributed by atoms with Gasteiger partial charge in [-0.1, -0.05) is 77.4 Å². The summed E-state index contributed by atoms with van der Waals surface area (Å²) >= 11 is 0. The highest BCUT2D eigenvalue weighted by Crippen LogP contribution is 2.27. The summed E-state index contributed by atoms with van der Waals surface area (Å²) in [5.41, 5.74) is 0.705. The van der Waals surface area contributed by atoms with E-state index in [1.165, 1.54) is 0 Å². The molecule has 2 fully saturated rings. The van der Waals surface area contributed by atoms with Gasteiger partial charge in [-0.05, 0) is 69.9 Å². The van der Waals surface area contributed by atoms with Crippen LogP contribution in [-0.2, 0) is 19.2 Å². The van der Waals surface area contributed by atoms with Gasteiger partial charge in [0.15, 0.2) is 0 Å². The third kappa shape index (κ3) is 9.66. The van der Waals surface area contributed by atoms with E-state index in [0.717, 1.165) is 31.4 Å². The summed E-state index contributed by atoms with van der Waals surface area (Å²) in [6.45, 7) is 16.9. The Morgan fingerprint density at radius 1 is 0.936 bits per heavy atom. The topological polar surface area (TPSA) is 122 Å². The highest BCUT2D eigenvalue weighted by atomic mass is 16.3. The van der Waals surface area contributed by atoms with Crippen LogP contribution in [-0.4, -0.2) is 100 Å². The van der Waals surface area contributed by atoms with E-state index in [1.54, 1.807) is 23.8 Å². The summed E-state index contributed by atoms with van der Waals surface area (Å²) in [5, 5.41) is 16.0. The van der Waals surface area contributed by atoms with E-state index < -0.39 is 29.6 Å². The molecule has 3 rings (SSSR count). The number of piperidine rings is 1. The number of aliphatic hydroxyl groups is 1. The van der Waals surface area contributed by atoms with Gasteiger partial charge in [0, 0.05) is 25.2 Å². The van der Waals surface area contributed by atoms with E-state index in [-0.39, 0.29) is 48.2 Å². The molecule has 262 valence electrons. The molecule has 2 aliphatic heterocycles. The molecule has 3 N–H and O–H groups in total. The quantitative estimate of drug-likeness (QED) is 0.293. The standard InChI is InChI=1S/C37H59N5O5/c1-24(2)31(40(9)36(47)32(37(6,7)8)39-34(45)29-18-13-14-20-41(29)25(3)4)22-26(5)35(46)42-21-15-19-30(42)33(44)38-28(23-43)27-16-11-10-12-17-27/h10-12,16-17,22,24-25,28-32,43H,13-15,18-21,23H2,1-9H3,(H,38,44)(H,39,45)/t28?,29-,30+,31?,32-/m1/s1. The Balaban J connectivity index is 1.77. The minimum Gasteiger partial charge on any atom is -0.394 e. The SMILES string of the molecule is CC(=CC(C(C)C)N(C)C(=O)[C@@H](NC(=O)[C@H]1CCCCN1C(C)C)C(C)(C)C)C(=O)N1CCC[C@H]1C(=O)NC(CO)c1ccccc1. The molecular weight excluding hydrogens is 594 g/mol. The first-order chi connectivity index (χ1) is 22.1. The fraction of sp³-hybridized carbons (Fsp3) is 0.676. The number of hydrogen-bond donors (Lipinski definition) is 3. The Bertz CT molecular complexity index is 1260. The minimum absolute atomic E-state index is 0.0216. The first-order valence-corrected chi connectivity index (χ1v) is 17.4. The van der Waals surface area contributed by atoms with Crippen molar-refractivity contribution < 1.29 is 24.3 Å². The number of benzene rings is 1. The molecule has 2 unspecified atom stereocenters. The van der Waals surface area contributed by atoms with Crippen LogP contribution in [0, 0.1) is 11.3 Å². The number of likely N-dealkylation sites (tertiary alicyclic amines) is 2. The molecule has 2 aliphatic rings. The van der Waals surface area contributed by atoms with Crippen LogP contribution >= 0.6 is 0 Å². The molecule has 0 saturated carbocycles. The zero-order valence-corrected chi connectivity index (χ0v) is 30.1. The van der Waals surface area contributed by atoms with Gasteiger partial charge < -0.3 is 25.5 Å². The number of nitrogens with one attached hydrogen (secondary N) is 2. The van der Waals surface area contributed by atoms with Crippen molar-refractivity contribution in [2.75, 3.05) is 26.7 Å². The van der Waals surface area contributed by atoms with Gasteiger partial charge in [-0.15, -0.1) is 0 Å². The minimum atomic E-state index is -0.752. The number of carbonyl (C=O) groups excluding carboxylic acids is 4. The normalized spacial score (nSPS) is 21.4. The number of rotatable bonds is 12. The van der Waals surface area contributed by atoms with Crippen molar-refractivity contribution in [1.29, 1.82) is 0 Å². The van der Waals surface area contributed by atoms with Crippen molar-refractivity contribution in [2.24, 2.45) is 11.3 Å². The lowest BCUT2D eigenvalue weighted by molar-refractivity contribution is -0.142. The van der Waals surface area contributed by atoms with Crippen molar-refractivity contribution in [3.63, 3.8) is 0 Å². The molecule has 10 heteroatoms. The fourth-order valence-electron chi connectivity index (χ4n) is 6.87. The van der Waals surface area contributed by atoms with E-state index in [0.29, 0.717) is 25.0 Å². The summed E-state index contributed by atoms with van der Waals surface area (Å²) < 4.78 is 0. The zero-order chi connectivity index (χ0) is 35.1. The molecule has 5 atom stereocenters. The van der Waals surface area contributed by atoms with Gasteiger partial charge in [0.05, 0.1) is 24.7 Å². The van der Waals surface area contributed by atoms with Gasteiger partial charge >= 0.3 is 0 Å². The number of likely N-dealkylation sites (N-methyl/N-ethyl adjacent to an activating group) is 1. The van der Waals surface area contributed by atoms with Crippen LogP contribution in [0.2, 0.25) is 0 Å². The number of carbonyl (C=O) groups is 4. The predicted molar refractivity (Wildman–Crippen MR) is 185 cm³/mol. The fourth-order valence-corrected chi connectivity index (χ4v) is 6.87. The summed E-state index contributed by atoms with van der Waals surface area (Å²) in [4.78, 5) is 60.4. The summed E-state index contributed by atoms with van der Waals surface area (Å²) in [7, 11) is 1.73. The zero-order valence-electron chi connectivity index (χ0n) is 30.1. The average Bonchev–Trinajstić information content (AvgIpc) is 3.53. The van der Waals surface area contributed by atoms with E-state index in [1.807, 2.05) is 71.0 Å². The third-order valence-electron chi connectivity index (χ3n) is 9.66. The lowest BCUT2D eigenvalue weighted by Crippen LogP contribution is -2.60. The maximum atomic E-state index is 14.2. The lowest BCUT2D eigenvalue weighted by Gasteiger charge is -2.41. The lowest BCUT2D eigenvalue weighted by atomic mass is 9.84. The number of amides is 4. The van der Waals surface area contributed by atoms with Crippen LogP contribution in [0.1, 0.15) is 99.1 Å². The van der Waals surface area contributed by atoms with Crippen molar-refractivity contribution in [3.05, 3.63) is 47.5 Å². The van der Waals surface area contributed by atoms with Crippen LogP contribution in [0.25, 0.3) is 0 Å². The molecule has 0 aliphatic carbocycles. The Morgan fingerprint density at radius 3 is 2.13 bits per heavy atom. The number of nitrogens with zero attached hydrogens (tertiary/aromatic N) is 3. The van der Waals surface area contributed by atoms with Gasteiger partial charge in [-0.25, -0.2) is 0 Å². The van der Waals surface area contributed by atoms with Gasteiger partial charge in [-0.3, -0.25) is 24.1 Å². The van der Waals surface area contributed by atoms with Gasteiger partial charge in [0.25, 0.3) is 0 Å². The van der Waals surface area contributed by atoms with E-state index in [9.17, 15) is 24.3 Å². The highest BCUT2D eigenvalue weighted by molar-refractivity contribution is 5.97. The summed E-state index contributed by atoms with van der Waals surface area (Å²) in [5.74, 6) is -0.885. The first-order valence-electron chi connectivity index (χ1n) is 17.4. The van der Waals surface area contributed by atoms with E-state index >= 15 is 0 Å². The largest absolute Gasteiger partial charge is 0.394 e. The van der Waals surface area contributed by atoms with Crippen LogP contribution < -0.4 is 10.6 Å². The molecule has 1 aromatic rings. The van der Waals surface area contributed by atoms with Crippen LogP contribution in [0.3, 0.4) is 0 Å². The second kappa shape index (κ2) is 16.7. The monoisotopic (exact) mass is 653 g/mol. The van der Waals surface area contributed by atoms with Crippen LogP contribution in [0.15, 0.2) is 42.0 Å². The molecule has 0 bridgehead atoms. The maximum absolute atomic E-state index is 14.2. The van der Waals surface area contributed by atoms with Crippen molar-refractivity contribution in [3.8, 4) is 0 Å². The van der Waals surface area contributed by atoms with Gasteiger partial charge in [0.2, 0.25) is 23.6 Å². The molecule has 2 saturated heterocycles. The Labute approximate surface area is 282 Å². The molecular formula is C37H59N5O5. The van der Waals surface area contributed by atoms with E-state index in [2.05, 4.69) is 29.4 Å². The first kappa shape index (κ1) is 38.2. The molecule has 1 aromatic carbocycles. The van der Waals surface area contributed by atoms with E-state index in [4.69, 9.17) is 0 Å². The van der Waals surface area contributed by atoms with Crippen molar-refractivity contribution in [2.45, 2.75) is 124 Å². The Hall–Kier alpha value is -3.24. The van der Waals surface area contributed by atoms with Crippen LogP contribution in [0.4, 0.5) is 0 Å². The highest BCUT2D eigenvalue weighted by Gasteiger charge is 2.40. The van der Waals surface area contributed by atoms with Gasteiger partial charge in [0.1, 0.15) is 12.1 Å². The van der Waals surface area contributed by atoms with Crippen molar-refractivity contribution in [1.82, 2.24) is 25.3 Å². The Morgan fingerprint density at radius 2 is 1.55 bits per heavy atom. The van der Waals surface area contributed by atoms with Crippen molar-refractivity contribution >= 4 is 23.6 Å². The number of aliphatic hydroxyl groups excluding tert-OH is 1. The molecule has 0 radical (unpaired) electrons. The maximum Gasteiger partial charge on any atom is 0.249 e. The summed E-state index contributed by atoms with van der Waals surface area (Å²) in [6, 6.07) is 6.86. The Kier molecular flexibility index (Phi) is 13.6. The van der Waals surface area contributed by atoms with Crippen LogP contribution in [0.5, 0.6) is 0 Å². The smallest absolute Gasteiger partial charge is 0.249 e. The average molecular weight is 654 g/mol. The summed E-state index contributed by atoms with van der Waals surface area (Å²) in [6.07, 6.45) is 5.87. The molecule has 10 nitrogen and oxygen atoms in total. The molecule has 4 amide bonds. The predicted octanol–water partition coefficient (Wildman–Crippen LogP) is 4.05. The second-order valence-electron chi connectivity index (χ2n) is 15.0. The second-order valence-corrected chi connectivity index (χ2v) is 15.0.